The number of aryl methyl sites for hydroxylation is 2. The Bertz CT molecular complexity index is 2720. The van der Waals surface area contributed by atoms with E-state index >= 15 is 0 Å². The lowest BCUT2D eigenvalue weighted by Crippen LogP contribution is -2.41. The molecule has 0 unspecified atom stereocenters. The van der Waals surface area contributed by atoms with Crippen LogP contribution in [-0.4, -0.2) is 186 Å². The lowest BCUT2D eigenvalue weighted by molar-refractivity contribution is -0.143. The summed E-state index contributed by atoms with van der Waals surface area (Å²) in [4.78, 5) is 46.7. The number of likely N-dealkylation sites (tertiary alicyclic amines) is 2. The average Bonchev–Trinajstić information content (AvgIpc) is 4.12. The maximum Gasteiger partial charge on any atom is 0.495 e. The van der Waals surface area contributed by atoms with Gasteiger partial charge < -0.3 is 69.0 Å². The maximum absolute atomic E-state index is 12.8. The van der Waals surface area contributed by atoms with Crippen LogP contribution in [0.25, 0.3) is 11.1 Å². The zero-order chi connectivity index (χ0) is 58.6. The minimum absolute atomic E-state index is 0.0298. The molecule has 0 radical (unpaired) electrons. The molecule has 5 saturated heterocycles. The van der Waals surface area contributed by atoms with Gasteiger partial charge in [0.2, 0.25) is 0 Å². The van der Waals surface area contributed by atoms with E-state index in [0.717, 1.165) is 126 Å². The number of aliphatic hydroxyl groups excluding tert-OH is 2. The number of halogens is 4. The molecule has 444 valence electrons. The van der Waals surface area contributed by atoms with E-state index in [1.165, 1.54) is 4.90 Å². The number of alkyl halides is 3. The highest BCUT2D eigenvalue weighted by molar-refractivity contribution is 14.1. The molecular weight excluding hydrogens is 1160 g/mol. The molecule has 9 rings (SSSR count). The number of amides is 4. The second-order valence-corrected chi connectivity index (χ2v) is 23.8. The number of carbonyl (C=O) groups excluding carboxylic acids is 2. The molecular formula is C58H83BF3IN10O8. The van der Waals surface area contributed by atoms with E-state index in [-0.39, 0.29) is 25.8 Å². The predicted molar refractivity (Wildman–Crippen MR) is 323 cm³/mol. The molecule has 7 heterocycles. The van der Waals surface area contributed by atoms with Gasteiger partial charge >= 0.3 is 25.4 Å². The minimum atomic E-state index is -4.20. The number of anilines is 6. The second kappa shape index (κ2) is 28.4. The van der Waals surface area contributed by atoms with Gasteiger partial charge in [0.05, 0.1) is 50.8 Å². The molecule has 5 fully saturated rings. The van der Waals surface area contributed by atoms with Crippen molar-refractivity contribution in [1.82, 2.24) is 19.8 Å². The van der Waals surface area contributed by atoms with E-state index in [0.29, 0.717) is 50.9 Å². The molecule has 0 spiro atoms. The van der Waals surface area contributed by atoms with Gasteiger partial charge in [-0.25, -0.2) is 19.6 Å². The standard InChI is InChI=1S/C26H37N5O3.C20H28BF3N2O3.C12H18IN3O2/c1-4-20-7-8-31(18-20)26(33)27-22-6-5-19(2)23(17-22)21-15-24(29(3)9-12-32)28-25(16-21)30-10-13-34-14-11-30;1-13-6-7-15(10-16(13)21-28-18(2,3)19(4,5)29-21)25-17(27)26-9-8-14(12-26)11-20(22,23)24;1-15(2-5-17)11-8-10(13)9-12(14-11)16-3-6-18-7-4-16/h5-6,15-17,20,32H,4,7-14,18H2,1-3H3,(H,27,33);6-7,10,14H,8-9,11-12H2,1-5H3,(H,25,27);8-9,17H,2-7H2,1H3/t20-;14-;/m10./s1. The number of carbonyl (C=O) groups is 2. The average molecular weight is 1240 g/mol. The summed E-state index contributed by atoms with van der Waals surface area (Å²) in [7, 11) is 3.33. The van der Waals surface area contributed by atoms with Crippen LogP contribution in [0.3, 0.4) is 0 Å². The number of urea groups is 2. The number of pyridine rings is 2. The van der Waals surface area contributed by atoms with Crippen molar-refractivity contribution in [3.8, 4) is 11.1 Å². The van der Waals surface area contributed by atoms with Crippen LogP contribution in [0.2, 0.25) is 0 Å². The van der Waals surface area contributed by atoms with E-state index in [4.69, 9.17) is 28.9 Å². The Hall–Kier alpha value is -5.18. The first-order valence-electron chi connectivity index (χ1n) is 28.2. The summed E-state index contributed by atoms with van der Waals surface area (Å²) in [5, 5.41) is 24.3. The van der Waals surface area contributed by atoms with E-state index in [2.05, 4.69) is 92.2 Å². The van der Waals surface area contributed by atoms with Gasteiger partial charge in [-0.1, -0.05) is 31.0 Å². The molecule has 4 N–H and O–H groups in total. The number of nitrogens with one attached hydrogen (secondary N) is 2. The molecule has 5 aliphatic heterocycles. The third-order valence-electron chi connectivity index (χ3n) is 16.0. The summed E-state index contributed by atoms with van der Waals surface area (Å²) in [6, 6.07) is 19.4. The summed E-state index contributed by atoms with van der Waals surface area (Å²) < 4.78 is 62.0. The number of likely N-dealkylation sites (N-methyl/N-ethyl adjacent to an activating group) is 2. The first-order valence-corrected chi connectivity index (χ1v) is 29.3. The van der Waals surface area contributed by atoms with Crippen LogP contribution >= 0.6 is 22.6 Å². The van der Waals surface area contributed by atoms with E-state index in [1.807, 2.05) is 81.6 Å². The fraction of sp³-hybridized carbons (Fsp3) is 0.586. The third kappa shape index (κ3) is 17.4. The van der Waals surface area contributed by atoms with E-state index in [9.17, 15) is 27.9 Å². The Balaban J connectivity index is 0.000000183. The Morgan fingerprint density at radius 3 is 1.69 bits per heavy atom. The summed E-state index contributed by atoms with van der Waals surface area (Å²) >= 11 is 2.30. The normalized spacial score (nSPS) is 19.6. The molecule has 0 aliphatic carbocycles. The smallest absolute Gasteiger partial charge is 0.399 e. The van der Waals surface area contributed by atoms with Gasteiger partial charge in [0, 0.05) is 101 Å². The highest BCUT2D eigenvalue weighted by Crippen LogP contribution is 2.38. The predicted octanol–water partition coefficient (Wildman–Crippen LogP) is 8.64. The summed E-state index contributed by atoms with van der Waals surface area (Å²) in [6.45, 7) is 23.7. The Morgan fingerprint density at radius 2 is 1.19 bits per heavy atom. The number of aliphatic hydroxyl groups is 2. The quantitative estimate of drug-likeness (QED) is 0.0696. The van der Waals surface area contributed by atoms with Crippen LogP contribution in [-0.2, 0) is 18.8 Å². The number of hydrogen-bond donors (Lipinski definition) is 4. The molecule has 2 atom stereocenters. The monoisotopic (exact) mass is 1240 g/mol. The van der Waals surface area contributed by atoms with Crippen molar-refractivity contribution in [2.75, 3.05) is 149 Å². The molecule has 0 saturated carbocycles. The van der Waals surface area contributed by atoms with Gasteiger partial charge in [-0.3, -0.25) is 0 Å². The van der Waals surface area contributed by atoms with Crippen molar-refractivity contribution >= 4 is 81.9 Å². The van der Waals surface area contributed by atoms with Crippen LogP contribution in [0, 0.1) is 29.3 Å². The van der Waals surface area contributed by atoms with Crippen LogP contribution in [0.1, 0.15) is 71.4 Å². The molecule has 5 aliphatic rings. The lowest BCUT2D eigenvalue weighted by Gasteiger charge is -2.32. The highest BCUT2D eigenvalue weighted by atomic mass is 127. The van der Waals surface area contributed by atoms with Crippen molar-refractivity contribution < 1.29 is 51.8 Å². The van der Waals surface area contributed by atoms with Crippen molar-refractivity contribution in [3.05, 3.63) is 75.4 Å². The number of ether oxygens (including phenoxy) is 2. The molecule has 2 aromatic heterocycles. The van der Waals surface area contributed by atoms with Crippen LogP contribution in [0.4, 0.5) is 57.4 Å². The number of benzene rings is 2. The summed E-state index contributed by atoms with van der Waals surface area (Å²) in [5.41, 5.74) is 5.40. The minimum Gasteiger partial charge on any atom is -0.399 e. The molecule has 0 bridgehead atoms. The summed E-state index contributed by atoms with van der Waals surface area (Å²) in [6.07, 6.45) is -2.51. The number of hydrogen-bond acceptors (Lipinski definition) is 14. The Labute approximate surface area is 490 Å². The Morgan fingerprint density at radius 1 is 0.704 bits per heavy atom. The maximum atomic E-state index is 12.8. The number of morpholine rings is 2. The van der Waals surface area contributed by atoms with Crippen LogP contribution < -0.4 is 35.7 Å². The van der Waals surface area contributed by atoms with Gasteiger partial charge in [-0.15, -0.1) is 0 Å². The second-order valence-electron chi connectivity index (χ2n) is 22.5. The number of aromatic nitrogens is 2. The summed E-state index contributed by atoms with van der Waals surface area (Å²) in [5.74, 6) is 3.66. The van der Waals surface area contributed by atoms with Gasteiger partial charge in [0.15, 0.2) is 0 Å². The van der Waals surface area contributed by atoms with E-state index in [1.54, 1.807) is 12.1 Å². The van der Waals surface area contributed by atoms with Crippen molar-refractivity contribution in [3.63, 3.8) is 0 Å². The zero-order valence-electron chi connectivity index (χ0n) is 48.6. The van der Waals surface area contributed by atoms with Gasteiger partial charge in [0.25, 0.3) is 0 Å². The number of rotatable bonds is 14. The number of nitrogens with zero attached hydrogens (tertiary/aromatic N) is 8. The van der Waals surface area contributed by atoms with Crippen LogP contribution in [0.5, 0.6) is 0 Å². The van der Waals surface area contributed by atoms with Gasteiger partial charge in [-0.2, -0.15) is 13.2 Å². The van der Waals surface area contributed by atoms with Crippen molar-refractivity contribution in [2.45, 2.75) is 91.5 Å². The topological polar surface area (TPSA) is 181 Å². The van der Waals surface area contributed by atoms with Gasteiger partial charge in [0.1, 0.15) is 23.3 Å². The van der Waals surface area contributed by atoms with Gasteiger partial charge in [-0.05, 0) is 159 Å². The van der Waals surface area contributed by atoms with E-state index < -0.39 is 42.9 Å². The first-order chi connectivity index (χ1) is 38.5. The third-order valence-corrected chi connectivity index (χ3v) is 16.6. The Kier molecular flexibility index (Phi) is 22.2. The molecule has 4 amide bonds. The largest absolute Gasteiger partial charge is 0.495 e. The molecule has 18 nitrogen and oxygen atoms in total. The highest BCUT2D eigenvalue weighted by Gasteiger charge is 2.52. The molecule has 2 aromatic carbocycles. The van der Waals surface area contributed by atoms with Crippen LogP contribution in [0.15, 0.2) is 60.7 Å². The first kappa shape index (κ1) is 63.4. The van der Waals surface area contributed by atoms with Crippen molar-refractivity contribution in [1.29, 1.82) is 0 Å². The lowest BCUT2D eigenvalue weighted by atomic mass is 9.76. The molecule has 23 heteroatoms. The SMILES string of the molecule is CC[C@@H]1CCN(C(=O)Nc2ccc(C)c(-c3cc(N(C)CCO)nc(N4CCOCC4)c3)c2)C1.CN(CCO)c1cc(I)cc(N2CCOCC2)n1.Cc1ccc(NC(=O)N2CC[C@@H](CC(F)(F)F)C2)cc1B1OC(C)(C)C(C)(C)O1. The molecule has 4 aromatic rings. The zero-order valence-corrected chi connectivity index (χ0v) is 50.7. The fourth-order valence-corrected chi connectivity index (χ4v) is 10.7. The van der Waals surface area contributed by atoms with Crippen molar-refractivity contribution in [2.24, 2.45) is 11.8 Å². The fourth-order valence-electron chi connectivity index (χ4n) is 10.2. The molecule has 81 heavy (non-hydrogen) atoms.